The summed E-state index contributed by atoms with van der Waals surface area (Å²) in [6, 6.07) is -1.53. The third-order valence-electron chi connectivity index (χ3n) is 10.8. The van der Waals surface area contributed by atoms with E-state index in [0.717, 1.165) is 57.8 Å². The van der Waals surface area contributed by atoms with Gasteiger partial charge in [0.25, 0.3) is 0 Å². The van der Waals surface area contributed by atoms with Crippen LogP contribution < -0.4 is 5.73 Å². The molecule has 0 radical (unpaired) electrons. The van der Waals surface area contributed by atoms with Gasteiger partial charge in [-0.3, -0.25) is 23.4 Å². The highest BCUT2D eigenvalue weighted by atomic mass is 31.2. The second-order valence-electron chi connectivity index (χ2n) is 17.0. The maximum absolute atomic E-state index is 12.7. The molecule has 63 heavy (non-hydrogen) atoms. The van der Waals surface area contributed by atoms with Crippen molar-refractivity contribution in [2.24, 2.45) is 5.73 Å². The minimum absolute atomic E-state index is 0.124. The Morgan fingerprint density at radius 3 is 1.29 bits per heavy atom. The van der Waals surface area contributed by atoms with E-state index in [-0.39, 0.29) is 19.4 Å². The molecule has 0 aliphatic rings. The Bertz CT molecular complexity index is 1250. The predicted octanol–water partition coefficient (Wildman–Crippen LogP) is 14.1. The lowest BCUT2D eigenvalue weighted by molar-refractivity contribution is -0.161. The largest absolute Gasteiger partial charge is 0.480 e. The van der Waals surface area contributed by atoms with Crippen LogP contribution in [0.25, 0.3) is 0 Å². The number of carboxylic acid groups (broad SMARTS) is 1. The van der Waals surface area contributed by atoms with Crippen molar-refractivity contribution in [2.75, 3.05) is 19.8 Å². The number of allylic oxidation sites excluding steroid dienone is 8. The third kappa shape index (κ3) is 45.8. The minimum Gasteiger partial charge on any atom is -0.480 e. The summed E-state index contributed by atoms with van der Waals surface area (Å²) in [4.78, 5) is 46.1. The molecule has 1 unspecified atom stereocenters. The number of carboxylic acids is 1. The number of phosphoric ester groups is 1. The first kappa shape index (κ1) is 60.4. The van der Waals surface area contributed by atoms with Gasteiger partial charge in [-0.25, -0.2) is 4.57 Å². The molecule has 0 aromatic rings. The molecule has 12 heteroatoms. The monoisotopic (exact) mass is 910 g/mol. The van der Waals surface area contributed by atoms with E-state index in [4.69, 9.17) is 24.8 Å². The molecule has 0 aromatic carbocycles. The first-order valence-corrected chi connectivity index (χ1v) is 26.7. The van der Waals surface area contributed by atoms with E-state index < -0.39 is 51.1 Å². The summed E-state index contributed by atoms with van der Waals surface area (Å²) in [5.41, 5.74) is 5.35. The fraction of sp³-hybridized carbons (Fsp3) is 0.784. The number of phosphoric acid groups is 1. The summed E-state index contributed by atoms with van der Waals surface area (Å²) in [7, 11) is -4.73. The molecule has 0 heterocycles. The quantitative estimate of drug-likeness (QED) is 0.0230. The van der Waals surface area contributed by atoms with Crippen molar-refractivity contribution in [2.45, 2.75) is 238 Å². The van der Waals surface area contributed by atoms with Gasteiger partial charge >= 0.3 is 25.7 Å². The van der Waals surface area contributed by atoms with Gasteiger partial charge in [0.2, 0.25) is 0 Å². The molecule has 4 N–H and O–H groups in total. The van der Waals surface area contributed by atoms with Crippen LogP contribution in [0.1, 0.15) is 226 Å². The number of ether oxygens (including phenoxy) is 2. The Kier molecular flexibility index (Phi) is 44.1. The van der Waals surface area contributed by atoms with E-state index in [1.807, 2.05) is 0 Å². The summed E-state index contributed by atoms with van der Waals surface area (Å²) in [5.74, 6) is -2.41. The number of rotatable bonds is 47. The highest BCUT2D eigenvalue weighted by Gasteiger charge is 2.28. The number of unbranched alkanes of at least 4 members (excludes halogenated alkanes) is 25. The highest BCUT2D eigenvalue weighted by molar-refractivity contribution is 7.47. The fourth-order valence-electron chi connectivity index (χ4n) is 6.87. The van der Waals surface area contributed by atoms with Crippen LogP contribution in [0.4, 0.5) is 0 Å². The fourth-order valence-corrected chi connectivity index (χ4v) is 7.65. The minimum atomic E-state index is -4.73. The van der Waals surface area contributed by atoms with Crippen LogP contribution in [0.3, 0.4) is 0 Å². The maximum Gasteiger partial charge on any atom is 0.472 e. The lowest BCUT2D eigenvalue weighted by Gasteiger charge is -2.20. The van der Waals surface area contributed by atoms with Gasteiger partial charge in [-0.2, -0.15) is 0 Å². The van der Waals surface area contributed by atoms with Crippen molar-refractivity contribution in [3.8, 4) is 0 Å². The third-order valence-corrected chi connectivity index (χ3v) is 11.8. The van der Waals surface area contributed by atoms with Gasteiger partial charge in [-0.05, 0) is 57.8 Å². The number of carbonyl (C=O) groups excluding carboxylic acids is 2. The molecule has 0 amide bonds. The molecule has 366 valence electrons. The summed E-state index contributed by atoms with van der Waals surface area (Å²) in [6.45, 7) is 2.78. The van der Waals surface area contributed by atoms with Crippen LogP contribution in [-0.4, -0.2) is 59.9 Å². The van der Waals surface area contributed by atoms with Crippen molar-refractivity contribution in [3.05, 3.63) is 48.6 Å². The summed E-state index contributed by atoms with van der Waals surface area (Å²) < 4.78 is 32.8. The number of hydrogen-bond acceptors (Lipinski definition) is 9. The summed E-state index contributed by atoms with van der Waals surface area (Å²) in [6.07, 6.45) is 53.2. The van der Waals surface area contributed by atoms with Gasteiger partial charge in [0.1, 0.15) is 12.6 Å². The molecule has 0 aliphatic carbocycles. The van der Waals surface area contributed by atoms with Gasteiger partial charge in [-0.15, -0.1) is 0 Å². The Balaban J connectivity index is 4.31. The van der Waals surface area contributed by atoms with E-state index in [0.29, 0.717) is 12.8 Å². The molecule has 11 nitrogen and oxygen atoms in total. The van der Waals surface area contributed by atoms with Crippen LogP contribution in [0.5, 0.6) is 0 Å². The molecular formula is C51H92NO10P. The maximum atomic E-state index is 12.7. The van der Waals surface area contributed by atoms with Crippen LogP contribution in [-0.2, 0) is 37.5 Å². The average molecular weight is 910 g/mol. The molecule has 0 saturated heterocycles. The smallest absolute Gasteiger partial charge is 0.472 e. The number of hydrogen-bond donors (Lipinski definition) is 3. The van der Waals surface area contributed by atoms with Crippen molar-refractivity contribution in [1.29, 1.82) is 0 Å². The van der Waals surface area contributed by atoms with Crippen molar-refractivity contribution in [1.82, 2.24) is 0 Å². The van der Waals surface area contributed by atoms with Gasteiger partial charge in [0.15, 0.2) is 6.10 Å². The van der Waals surface area contributed by atoms with E-state index >= 15 is 0 Å². The van der Waals surface area contributed by atoms with Gasteiger partial charge in [-0.1, -0.05) is 204 Å². The normalized spacial score (nSPS) is 14.0. The van der Waals surface area contributed by atoms with Crippen molar-refractivity contribution >= 4 is 25.7 Å². The van der Waals surface area contributed by atoms with Crippen LogP contribution in [0.15, 0.2) is 48.6 Å². The first-order chi connectivity index (χ1) is 30.6. The summed E-state index contributed by atoms with van der Waals surface area (Å²) >= 11 is 0. The van der Waals surface area contributed by atoms with Crippen LogP contribution in [0.2, 0.25) is 0 Å². The molecule has 0 fully saturated rings. The van der Waals surface area contributed by atoms with Gasteiger partial charge in [0, 0.05) is 12.8 Å². The number of aliphatic carboxylic acids is 1. The lowest BCUT2D eigenvalue weighted by Crippen LogP contribution is -2.34. The van der Waals surface area contributed by atoms with E-state index in [1.54, 1.807) is 0 Å². The zero-order valence-corrected chi connectivity index (χ0v) is 40.8. The second-order valence-corrected chi connectivity index (χ2v) is 18.4. The Morgan fingerprint density at radius 1 is 0.492 bits per heavy atom. The van der Waals surface area contributed by atoms with Crippen LogP contribution >= 0.6 is 7.82 Å². The zero-order valence-electron chi connectivity index (χ0n) is 39.9. The number of nitrogens with two attached hydrogens (primary N) is 1. The van der Waals surface area contributed by atoms with Crippen molar-refractivity contribution < 1.29 is 47.5 Å². The Hall–Kier alpha value is -2.56. The molecule has 0 rings (SSSR count). The Morgan fingerprint density at radius 2 is 0.841 bits per heavy atom. The molecule has 0 bridgehead atoms. The summed E-state index contributed by atoms with van der Waals surface area (Å²) in [5, 5.41) is 8.92. The zero-order chi connectivity index (χ0) is 46.3. The molecule has 0 spiro atoms. The second kappa shape index (κ2) is 46.0. The lowest BCUT2D eigenvalue weighted by atomic mass is 10.0. The van der Waals surface area contributed by atoms with E-state index in [2.05, 4.69) is 67.0 Å². The topological polar surface area (TPSA) is 172 Å². The van der Waals surface area contributed by atoms with Crippen molar-refractivity contribution in [3.63, 3.8) is 0 Å². The highest BCUT2D eigenvalue weighted by Crippen LogP contribution is 2.43. The standard InChI is InChI=1S/C51H92NO10P/c1-3-5-7-9-11-13-15-17-19-21-23-25-26-28-30-32-34-36-38-40-42-49(53)59-44-47(45-60-63(57,58)61-46-48(52)51(55)56)62-50(54)43-41-39-37-35-33-31-29-27-24-22-20-18-16-14-12-10-8-6-4-2/h12,14,18,20,24,27,31,33,47-48H,3-11,13,15-17,19,21-23,25-26,28-30,32,34-46,52H2,1-2H3,(H,55,56)(H,57,58)/b14-12+,20-18+,27-24+,33-31+/t47-,48+/m1/s1. The number of carbonyl (C=O) groups is 3. The molecule has 0 aliphatic heterocycles. The predicted molar refractivity (Wildman–Crippen MR) is 258 cm³/mol. The molecule has 3 atom stereocenters. The molecular weight excluding hydrogens is 818 g/mol. The van der Waals surface area contributed by atoms with E-state index in [9.17, 15) is 23.8 Å². The van der Waals surface area contributed by atoms with Gasteiger partial charge < -0.3 is 25.2 Å². The molecule has 0 saturated carbocycles. The van der Waals surface area contributed by atoms with E-state index in [1.165, 1.54) is 128 Å². The number of esters is 2. The molecule has 0 aromatic heterocycles. The Labute approximate surface area is 384 Å². The first-order valence-electron chi connectivity index (χ1n) is 25.2. The average Bonchev–Trinajstić information content (AvgIpc) is 3.26. The van der Waals surface area contributed by atoms with Gasteiger partial charge in [0.05, 0.1) is 13.2 Å². The van der Waals surface area contributed by atoms with Crippen LogP contribution in [0, 0.1) is 0 Å². The SMILES string of the molecule is CCCCC/C=C/C/C=C/C/C=C/C/C=C/CCCCCC(=O)O[C@H](COC(=O)CCCCCCCCCCCCCCCCCCCCCC)COP(=O)(O)OC[C@H](N)C(=O)O.